The van der Waals surface area contributed by atoms with Crippen LogP contribution in [0.5, 0.6) is 5.75 Å². The summed E-state index contributed by atoms with van der Waals surface area (Å²) in [4.78, 5) is 27.2. The third kappa shape index (κ3) is 4.50. The molecule has 1 aliphatic rings. The molecule has 0 radical (unpaired) electrons. The molecule has 0 saturated carbocycles. The number of hydrogen-bond donors (Lipinski definition) is 2. The maximum Gasteiger partial charge on any atom is 0.322 e. The zero-order valence-electron chi connectivity index (χ0n) is 17.4. The molecule has 160 valence electrons. The number of carbonyl (C=O) groups excluding carboxylic acids is 2. The first-order valence-corrected chi connectivity index (χ1v) is 10.0. The van der Waals surface area contributed by atoms with Gasteiger partial charge in [0.05, 0.1) is 7.11 Å². The van der Waals surface area contributed by atoms with Gasteiger partial charge in [-0.25, -0.2) is 4.79 Å². The summed E-state index contributed by atoms with van der Waals surface area (Å²) in [5.41, 5.74) is 2.21. The van der Waals surface area contributed by atoms with Crippen molar-refractivity contribution in [2.75, 3.05) is 24.3 Å². The van der Waals surface area contributed by atoms with Crippen molar-refractivity contribution < 1.29 is 14.3 Å². The standard InChI is InChI=1S/C22H24N6O3/c1-27-14-23-26-20(27)15-5-7-17(8-6-15)25-22(30)28-13-3-4-19(28)21(29)24-16-9-11-18(31-2)12-10-16/h5-12,14,19H,3-4,13H2,1-2H3,(H,24,29)(H,25,30)/t19-/m0/s1. The number of likely N-dealkylation sites (tertiary alicyclic amines) is 1. The van der Waals surface area contributed by atoms with Crippen molar-refractivity contribution in [3.8, 4) is 17.1 Å². The van der Waals surface area contributed by atoms with Gasteiger partial charge in [0, 0.05) is 30.5 Å². The second-order valence-corrected chi connectivity index (χ2v) is 7.34. The number of carbonyl (C=O) groups is 2. The molecule has 0 unspecified atom stereocenters. The summed E-state index contributed by atoms with van der Waals surface area (Å²) in [5.74, 6) is 1.26. The molecule has 2 aromatic carbocycles. The number of nitrogens with zero attached hydrogens (tertiary/aromatic N) is 4. The molecular weight excluding hydrogens is 396 g/mol. The molecule has 1 atom stereocenters. The van der Waals surface area contributed by atoms with Gasteiger partial charge in [0.2, 0.25) is 5.91 Å². The van der Waals surface area contributed by atoms with Crippen LogP contribution in [0.3, 0.4) is 0 Å². The quantitative estimate of drug-likeness (QED) is 0.660. The maximum absolute atomic E-state index is 12.8. The number of benzene rings is 2. The Hall–Kier alpha value is -3.88. The lowest BCUT2D eigenvalue weighted by Crippen LogP contribution is -2.45. The van der Waals surface area contributed by atoms with E-state index < -0.39 is 6.04 Å². The van der Waals surface area contributed by atoms with Gasteiger partial charge in [-0.05, 0) is 61.4 Å². The minimum absolute atomic E-state index is 0.199. The van der Waals surface area contributed by atoms with Crippen LogP contribution in [0, 0.1) is 0 Å². The van der Waals surface area contributed by atoms with Crippen LogP contribution >= 0.6 is 0 Å². The smallest absolute Gasteiger partial charge is 0.322 e. The average Bonchev–Trinajstić information content (AvgIpc) is 3.44. The van der Waals surface area contributed by atoms with Gasteiger partial charge in [-0.15, -0.1) is 10.2 Å². The molecule has 3 amide bonds. The highest BCUT2D eigenvalue weighted by molar-refractivity contribution is 5.99. The van der Waals surface area contributed by atoms with Crippen LogP contribution in [-0.2, 0) is 11.8 Å². The SMILES string of the molecule is COc1ccc(NC(=O)[C@@H]2CCCN2C(=O)Nc2ccc(-c3nncn3C)cc2)cc1. The predicted molar refractivity (Wildman–Crippen MR) is 117 cm³/mol. The lowest BCUT2D eigenvalue weighted by molar-refractivity contribution is -0.119. The minimum atomic E-state index is -0.514. The zero-order chi connectivity index (χ0) is 21.8. The predicted octanol–water partition coefficient (Wildman–Crippen LogP) is 3.13. The molecule has 3 aromatic rings. The van der Waals surface area contributed by atoms with Gasteiger partial charge in [-0.3, -0.25) is 4.79 Å². The van der Waals surface area contributed by atoms with Gasteiger partial charge in [0.1, 0.15) is 18.1 Å². The summed E-state index contributed by atoms with van der Waals surface area (Å²) in [5, 5.41) is 13.7. The number of ether oxygens (including phenoxy) is 1. The molecule has 0 aliphatic carbocycles. The van der Waals surface area contributed by atoms with Gasteiger partial charge in [0.25, 0.3) is 0 Å². The second kappa shape index (κ2) is 8.86. The zero-order valence-corrected chi connectivity index (χ0v) is 17.4. The normalized spacial score (nSPS) is 15.5. The van der Waals surface area contributed by atoms with Crippen molar-refractivity contribution in [1.82, 2.24) is 19.7 Å². The van der Waals surface area contributed by atoms with Crippen LogP contribution in [0.1, 0.15) is 12.8 Å². The number of aromatic nitrogens is 3. The maximum atomic E-state index is 12.8. The number of amides is 3. The number of hydrogen-bond acceptors (Lipinski definition) is 5. The molecule has 1 aliphatic heterocycles. The Morgan fingerprint density at radius 3 is 2.35 bits per heavy atom. The van der Waals surface area contributed by atoms with Crippen molar-refractivity contribution in [2.45, 2.75) is 18.9 Å². The summed E-state index contributed by atoms with van der Waals surface area (Å²) in [7, 11) is 3.46. The first-order chi connectivity index (χ1) is 15.0. The monoisotopic (exact) mass is 420 g/mol. The van der Waals surface area contributed by atoms with E-state index in [0.29, 0.717) is 30.1 Å². The van der Waals surface area contributed by atoms with Crippen molar-refractivity contribution in [2.24, 2.45) is 7.05 Å². The molecule has 1 saturated heterocycles. The molecule has 31 heavy (non-hydrogen) atoms. The van der Waals surface area contributed by atoms with Crippen LogP contribution in [-0.4, -0.2) is 51.3 Å². The first kappa shape index (κ1) is 20.4. The Morgan fingerprint density at radius 2 is 1.71 bits per heavy atom. The fourth-order valence-electron chi connectivity index (χ4n) is 3.62. The van der Waals surface area contributed by atoms with Crippen LogP contribution in [0.25, 0.3) is 11.4 Å². The molecule has 1 aromatic heterocycles. The average molecular weight is 420 g/mol. The third-order valence-electron chi connectivity index (χ3n) is 5.28. The topological polar surface area (TPSA) is 101 Å². The Labute approximate surface area is 180 Å². The van der Waals surface area contributed by atoms with Gasteiger partial charge in [-0.2, -0.15) is 0 Å². The van der Waals surface area contributed by atoms with Gasteiger partial charge >= 0.3 is 6.03 Å². The van der Waals surface area contributed by atoms with E-state index in [4.69, 9.17) is 4.74 Å². The van der Waals surface area contributed by atoms with E-state index >= 15 is 0 Å². The number of nitrogens with one attached hydrogen (secondary N) is 2. The van der Waals surface area contributed by atoms with Crippen molar-refractivity contribution in [3.63, 3.8) is 0 Å². The lowest BCUT2D eigenvalue weighted by atomic mass is 10.2. The molecule has 9 heteroatoms. The fourth-order valence-corrected chi connectivity index (χ4v) is 3.62. The molecule has 2 heterocycles. The molecule has 0 spiro atoms. The fraction of sp³-hybridized carbons (Fsp3) is 0.273. The summed E-state index contributed by atoms with van der Waals surface area (Å²) in [6, 6.07) is 13.7. The highest BCUT2D eigenvalue weighted by Crippen LogP contribution is 2.23. The Morgan fingerprint density at radius 1 is 1.03 bits per heavy atom. The number of methoxy groups -OCH3 is 1. The van der Waals surface area contributed by atoms with E-state index in [2.05, 4.69) is 20.8 Å². The number of aryl methyl sites for hydroxylation is 1. The van der Waals surface area contributed by atoms with Gasteiger partial charge < -0.3 is 24.8 Å². The highest BCUT2D eigenvalue weighted by Gasteiger charge is 2.34. The first-order valence-electron chi connectivity index (χ1n) is 10.0. The Bertz CT molecular complexity index is 1060. The minimum Gasteiger partial charge on any atom is -0.497 e. The third-order valence-corrected chi connectivity index (χ3v) is 5.28. The van der Waals surface area contributed by atoms with Crippen LogP contribution in [0.15, 0.2) is 54.9 Å². The van der Waals surface area contributed by atoms with Crippen LogP contribution < -0.4 is 15.4 Å². The van der Waals surface area contributed by atoms with E-state index in [1.165, 1.54) is 0 Å². The second-order valence-electron chi connectivity index (χ2n) is 7.34. The van der Waals surface area contributed by atoms with E-state index in [1.54, 1.807) is 42.6 Å². The molecule has 9 nitrogen and oxygen atoms in total. The summed E-state index contributed by atoms with van der Waals surface area (Å²) >= 11 is 0. The number of anilines is 2. The molecular formula is C22H24N6O3. The van der Waals surface area contributed by atoms with Gasteiger partial charge in [-0.1, -0.05) is 0 Å². The Balaban J connectivity index is 1.39. The summed E-state index contributed by atoms with van der Waals surface area (Å²) in [6.45, 7) is 0.531. The van der Waals surface area contributed by atoms with Crippen LogP contribution in [0.2, 0.25) is 0 Å². The lowest BCUT2D eigenvalue weighted by Gasteiger charge is -2.24. The highest BCUT2D eigenvalue weighted by atomic mass is 16.5. The molecule has 1 fully saturated rings. The summed E-state index contributed by atoms with van der Waals surface area (Å²) in [6.07, 6.45) is 3.04. The van der Waals surface area contributed by atoms with Crippen molar-refractivity contribution in [1.29, 1.82) is 0 Å². The van der Waals surface area contributed by atoms with E-state index in [0.717, 1.165) is 17.8 Å². The number of urea groups is 1. The largest absolute Gasteiger partial charge is 0.497 e. The molecule has 4 rings (SSSR count). The van der Waals surface area contributed by atoms with E-state index in [-0.39, 0.29) is 11.9 Å². The van der Waals surface area contributed by atoms with Gasteiger partial charge in [0.15, 0.2) is 5.82 Å². The molecule has 0 bridgehead atoms. The van der Waals surface area contributed by atoms with Crippen LogP contribution in [0.4, 0.5) is 16.2 Å². The number of rotatable bonds is 5. The Kier molecular flexibility index (Phi) is 5.83. The van der Waals surface area contributed by atoms with Crippen molar-refractivity contribution >= 4 is 23.3 Å². The van der Waals surface area contributed by atoms with E-state index in [1.807, 2.05) is 35.9 Å². The van der Waals surface area contributed by atoms with E-state index in [9.17, 15) is 9.59 Å². The molecule has 2 N–H and O–H groups in total. The summed E-state index contributed by atoms with van der Waals surface area (Å²) < 4.78 is 6.95. The van der Waals surface area contributed by atoms with Crippen molar-refractivity contribution in [3.05, 3.63) is 54.9 Å².